The molecule has 1 aromatic heterocycles. The van der Waals surface area contributed by atoms with Gasteiger partial charge >= 0.3 is 0 Å². The van der Waals surface area contributed by atoms with E-state index in [-0.39, 0.29) is 6.23 Å². The SMILES string of the molecule is C=C(NC1=CC(OC)NC=C1)C(=C)c1c2c(n(Cc3ccc(Cl)cc3)c1C)CCCC2. The summed E-state index contributed by atoms with van der Waals surface area (Å²) in [6.45, 7) is 11.8. The van der Waals surface area contributed by atoms with E-state index in [1.165, 1.54) is 40.9 Å². The molecule has 0 saturated heterocycles. The van der Waals surface area contributed by atoms with E-state index in [0.29, 0.717) is 0 Å². The average Bonchev–Trinajstić information content (AvgIpc) is 3.06. The molecule has 162 valence electrons. The summed E-state index contributed by atoms with van der Waals surface area (Å²) in [6, 6.07) is 8.13. The highest BCUT2D eigenvalue weighted by molar-refractivity contribution is 6.30. The molecule has 0 spiro atoms. The van der Waals surface area contributed by atoms with Crippen molar-refractivity contribution in [1.29, 1.82) is 0 Å². The Hall–Kier alpha value is -2.69. The predicted octanol–water partition coefficient (Wildman–Crippen LogP) is 5.47. The lowest BCUT2D eigenvalue weighted by Gasteiger charge is -2.21. The van der Waals surface area contributed by atoms with Crippen LogP contribution in [0.2, 0.25) is 5.02 Å². The number of fused-ring (bicyclic) bond motifs is 1. The molecule has 0 fully saturated rings. The maximum atomic E-state index is 6.08. The molecule has 0 amide bonds. The number of allylic oxidation sites excluding steroid dienone is 2. The second kappa shape index (κ2) is 9.21. The number of nitrogens with zero attached hydrogens (tertiary/aromatic N) is 1. The van der Waals surface area contributed by atoms with Gasteiger partial charge in [-0.2, -0.15) is 0 Å². The number of hydrogen-bond donors (Lipinski definition) is 2. The number of rotatable bonds is 7. The van der Waals surface area contributed by atoms with Crippen LogP contribution < -0.4 is 10.6 Å². The highest BCUT2D eigenvalue weighted by Crippen LogP contribution is 2.36. The van der Waals surface area contributed by atoms with Gasteiger partial charge < -0.3 is 19.9 Å². The van der Waals surface area contributed by atoms with Gasteiger partial charge in [0, 0.05) is 53.2 Å². The Morgan fingerprint density at radius 2 is 1.97 bits per heavy atom. The van der Waals surface area contributed by atoms with Gasteiger partial charge in [-0.15, -0.1) is 0 Å². The van der Waals surface area contributed by atoms with Gasteiger partial charge in [0.1, 0.15) is 6.23 Å². The van der Waals surface area contributed by atoms with E-state index < -0.39 is 0 Å². The third-order valence-electron chi connectivity index (χ3n) is 6.16. The van der Waals surface area contributed by atoms with E-state index in [1.807, 2.05) is 30.5 Å². The van der Waals surface area contributed by atoms with Crippen LogP contribution >= 0.6 is 11.6 Å². The Kier molecular flexibility index (Phi) is 6.40. The molecule has 5 heteroatoms. The van der Waals surface area contributed by atoms with Crippen molar-refractivity contribution in [3.63, 3.8) is 0 Å². The second-order valence-corrected chi connectivity index (χ2v) is 8.60. The normalized spacial score (nSPS) is 17.5. The number of aromatic nitrogens is 1. The van der Waals surface area contributed by atoms with E-state index in [1.54, 1.807) is 7.11 Å². The first-order chi connectivity index (χ1) is 15.0. The minimum atomic E-state index is -0.150. The van der Waals surface area contributed by atoms with Crippen molar-refractivity contribution >= 4 is 17.2 Å². The highest BCUT2D eigenvalue weighted by Gasteiger charge is 2.25. The van der Waals surface area contributed by atoms with Crippen molar-refractivity contribution in [1.82, 2.24) is 15.2 Å². The summed E-state index contributed by atoms with van der Waals surface area (Å²) in [5, 5.41) is 7.31. The summed E-state index contributed by atoms with van der Waals surface area (Å²) < 4.78 is 7.82. The predicted molar refractivity (Wildman–Crippen MR) is 129 cm³/mol. The van der Waals surface area contributed by atoms with Crippen LogP contribution in [0.5, 0.6) is 0 Å². The zero-order chi connectivity index (χ0) is 22.0. The van der Waals surface area contributed by atoms with Crippen LogP contribution in [0.25, 0.3) is 5.57 Å². The highest BCUT2D eigenvalue weighted by atomic mass is 35.5. The molecule has 4 nitrogen and oxygen atoms in total. The van der Waals surface area contributed by atoms with Gasteiger partial charge in [-0.1, -0.05) is 36.9 Å². The second-order valence-electron chi connectivity index (χ2n) is 8.17. The molecule has 2 heterocycles. The summed E-state index contributed by atoms with van der Waals surface area (Å²) in [5.41, 5.74) is 9.31. The molecule has 31 heavy (non-hydrogen) atoms. The zero-order valence-electron chi connectivity index (χ0n) is 18.3. The maximum absolute atomic E-state index is 6.08. The molecule has 1 atom stereocenters. The van der Waals surface area contributed by atoms with Crippen LogP contribution in [0.15, 0.2) is 67.2 Å². The molecule has 2 aromatic rings. The Bertz CT molecular complexity index is 1060. The van der Waals surface area contributed by atoms with Gasteiger partial charge in [0.25, 0.3) is 0 Å². The molecule has 0 bridgehead atoms. The summed E-state index contributed by atoms with van der Waals surface area (Å²) in [6.07, 6.45) is 10.3. The molecule has 1 aliphatic heterocycles. The molecular formula is C26H30ClN3O. The van der Waals surface area contributed by atoms with Crippen molar-refractivity contribution in [3.8, 4) is 0 Å². The third kappa shape index (κ3) is 4.51. The minimum Gasteiger partial charge on any atom is -0.363 e. The number of halogens is 1. The lowest BCUT2D eigenvalue weighted by molar-refractivity contribution is 0.123. The summed E-state index contributed by atoms with van der Waals surface area (Å²) >= 11 is 6.08. The number of methoxy groups -OCH3 is 1. The smallest absolute Gasteiger partial charge is 0.148 e. The fraction of sp³-hybridized carbons (Fsp3) is 0.308. The lowest BCUT2D eigenvalue weighted by atomic mass is 9.91. The van der Waals surface area contributed by atoms with Crippen LogP contribution in [0.4, 0.5) is 0 Å². The van der Waals surface area contributed by atoms with Gasteiger partial charge in [-0.05, 0) is 73.6 Å². The maximum Gasteiger partial charge on any atom is 0.148 e. The molecule has 0 saturated carbocycles. The molecule has 4 rings (SSSR count). The molecule has 1 aromatic carbocycles. The molecular weight excluding hydrogens is 406 g/mol. The average molecular weight is 436 g/mol. The molecule has 2 aliphatic rings. The van der Waals surface area contributed by atoms with Crippen molar-refractivity contribution in [2.24, 2.45) is 0 Å². The Balaban J connectivity index is 1.63. The summed E-state index contributed by atoms with van der Waals surface area (Å²) in [7, 11) is 1.68. The van der Waals surface area contributed by atoms with Gasteiger partial charge in [-0.25, -0.2) is 0 Å². The van der Waals surface area contributed by atoms with Crippen LogP contribution in [-0.4, -0.2) is 17.9 Å². The number of dihydropyridines is 1. The Morgan fingerprint density at radius 3 is 2.71 bits per heavy atom. The van der Waals surface area contributed by atoms with Crippen LogP contribution in [0.3, 0.4) is 0 Å². The van der Waals surface area contributed by atoms with Crippen molar-refractivity contribution in [2.45, 2.75) is 45.4 Å². The van der Waals surface area contributed by atoms with E-state index in [2.05, 4.69) is 47.4 Å². The molecule has 2 N–H and O–H groups in total. The number of hydrogen-bond acceptors (Lipinski definition) is 3. The topological polar surface area (TPSA) is 38.2 Å². The first kappa shape index (κ1) is 21.5. The fourth-order valence-electron chi connectivity index (χ4n) is 4.52. The Labute approximate surface area is 189 Å². The zero-order valence-corrected chi connectivity index (χ0v) is 19.1. The van der Waals surface area contributed by atoms with Crippen LogP contribution in [0.1, 0.15) is 40.9 Å². The summed E-state index contributed by atoms with van der Waals surface area (Å²) in [5.74, 6) is 0. The van der Waals surface area contributed by atoms with E-state index in [4.69, 9.17) is 16.3 Å². The van der Waals surface area contributed by atoms with E-state index in [0.717, 1.165) is 41.4 Å². The van der Waals surface area contributed by atoms with Crippen molar-refractivity contribution in [2.75, 3.05) is 7.11 Å². The van der Waals surface area contributed by atoms with Crippen molar-refractivity contribution < 1.29 is 4.74 Å². The minimum absolute atomic E-state index is 0.150. The number of nitrogens with one attached hydrogen (secondary N) is 2. The van der Waals surface area contributed by atoms with Crippen molar-refractivity contribution in [3.05, 3.63) is 100 Å². The van der Waals surface area contributed by atoms with Gasteiger partial charge in [0.05, 0.1) is 0 Å². The van der Waals surface area contributed by atoms with Crippen LogP contribution in [-0.2, 0) is 24.1 Å². The summed E-state index contributed by atoms with van der Waals surface area (Å²) in [4.78, 5) is 0. The fourth-order valence-corrected chi connectivity index (χ4v) is 4.64. The van der Waals surface area contributed by atoms with E-state index >= 15 is 0 Å². The first-order valence-corrected chi connectivity index (χ1v) is 11.1. The number of ether oxygens (including phenoxy) is 1. The van der Waals surface area contributed by atoms with E-state index in [9.17, 15) is 0 Å². The van der Waals surface area contributed by atoms with Gasteiger partial charge in [-0.3, -0.25) is 0 Å². The van der Waals surface area contributed by atoms with Crippen LogP contribution in [0, 0.1) is 6.92 Å². The third-order valence-corrected chi connectivity index (χ3v) is 6.41. The largest absolute Gasteiger partial charge is 0.363 e. The number of benzene rings is 1. The Morgan fingerprint density at radius 1 is 1.23 bits per heavy atom. The first-order valence-electron chi connectivity index (χ1n) is 10.8. The standard InChI is InChI=1S/C26H30ClN3O/c1-17(18(2)29-22-13-14-28-25(15-22)31-4)26-19(3)30(24-8-6-5-7-23(24)26)16-20-9-11-21(27)12-10-20/h9-15,25,28-29H,1-2,5-8,16H2,3-4H3. The lowest BCUT2D eigenvalue weighted by Crippen LogP contribution is -2.29. The van der Waals surface area contributed by atoms with Gasteiger partial charge in [0.2, 0.25) is 0 Å². The quantitative estimate of drug-likeness (QED) is 0.566. The van der Waals surface area contributed by atoms with Gasteiger partial charge in [0.15, 0.2) is 0 Å². The molecule has 1 aliphatic carbocycles. The molecule has 0 radical (unpaired) electrons. The molecule has 1 unspecified atom stereocenters. The monoisotopic (exact) mass is 435 g/mol.